The minimum atomic E-state index is -0.632. The number of aliphatic hydroxyl groups is 1. The van der Waals surface area contributed by atoms with E-state index in [-0.39, 0.29) is 25.3 Å². The van der Waals surface area contributed by atoms with Gasteiger partial charge in [0.25, 0.3) is 5.56 Å². The topological polar surface area (TPSA) is 101 Å². The van der Waals surface area contributed by atoms with Gasteiger partial charge in [-0.25, -0.2) is 9.48 Å². The Balaban J connectivity index is 2.36. The maximum absolute atomic E-state index is 11.5. The molecule has 0 amide bonds. The van der Waals surface area contributed by atoms with Crippen LogP contribution >= 0.6 is 0 Å². The molecular formula is C10H11N3O4. The number of nitrogens with zero attached hydrogens (tertiary/aromatic N) is 2. The van der Waals surface area contributed by atoms with E-state index in [1.54, 1.807) is 12.1 Å². The highest BCUT2D eigenvalue weighted by atomic mass is 16.3. The third-order valence-corrected chi connectivity index (χ3v) is 2.19. The van der Waals surface area contributed by atoms with E-state index >= 15 is 0 Å². The number of hydrogen-bond donors (Lipinski definition) is 2. The summed E-state index contributed by atoms with van der Waals surface area (Å²) < 4.78 is 6.11. The van der Waals surface area contributed by atoms with Gasteiger partial charge in [0.15, 0.2) is 0 Å². The molecule has 2 aromatic rings. The Hall–Kier alpha value is -2.15. The molecule has 0 radical (unpaired) electrons. The predicted octanol–water partition coefficient (Wildman–Crippen LogP) is -0.892. The van der Waals surface area contributed by atoms with Crippen molar-refractivity contribution in [3.05, 3.63) is 50.7 Å². The zero-order valence-corrected chi connectivity index (χ0v) is 8.92. The van der Waals surface area contributed by atoms with Gasteiger partial charge in [0, 0.05) is 0 Å². The Morgan fingerprint density at radius 2 is 2.29 bits per heavy atom. The minimum Gasteiger partial charge on any atom is -0.469 e. The summed E-state index contributed by atoms with van der Waals surface area (Å²) in [5.74, 6) is 0.581. The van der Waals surface area contributed by atoms with Crippen LogP contribution in [0.4, 0.5) is 0 Å². The molecule has 7 heteroatoms. The first-order valence-corrected chi connectivity index (χ1v) is 5.04. The van der Waals surface area contributed by atoms with Gasteiger partial charge in [-0.2, -0.15) is 5.10 Å². The molecule has 90 valence electrons. The monoisotopic (exact) mass is 237 g/mol. The molecule has 0 bridgehead atoms. The predicted molar refractivity (Wildman–Crippen MR) is 57.7 cm³/mol. The van der Waals surface area contributed by atoms with Crippen LogP contribution in [0, 0.1) is 0 Å². The fourth-order valence-corrected chi connectivity index (χ4v) is 1.41. The summed E-state index contributed by atoms with van der Waals surface area (Å²) in [5.41, 5.74) is -0.999. The second-order valence-corrected chi connectivity index (χ2v) is 3.41. The maximum atomic E-state index is 11.5. The van der Waals surface area contributed by atoms with Crippen LogP contribution < -0.4 is 11.2 Å². The van der Waals surface area contributed by atoms with Crippen molar-refractivity contribution < 1.29 is 9.52 Å². The number of H-pyrrole nitrogens is 1. The van der Waals surface area contributed by atoms with Crippen molar-refractivity contribution in [1.82, 2.24) is 14.8 Å². The summed E-state index contributed by atoms with van der Waals surface area (Å²) in [6.07, 6.45) is 1.70. The summed E-state index contributed by atoms with van der Waals surface area (Å²) in [7, 11) is 0. The van der Waals surface area contributed by atoms with Crippen LogP contribution in [0.1, 0.15) is 11.5 Å². The highest BCUT2D eigenvalue weighted by Gasteiger charge is 2.08. The quantitative estimate of drug-likeness (QED) is 0.718. The van der Waals surface area contributed by atoms with Crippen molar-refractivity contribution in [2.24, 2.45) is 0 Å². The molecule has 0 unspecified atom stereocenters. The van der Waals surface area contributed by atoms with E-state index in [0.717, 1.165) is 4.68 Å². The second kappa shape index (κ2) is 4.79. The number of hydrogen-bond acceptors (Lipinski definition) is 5. The van der Waals surface area contributed by atoms with Gasteiger partial charge >= 0.3 is 5.69 Å². The van der Waals surface area contributed by atoms with Crippen molar-refractivity contribution in [3.8, 4) is 0 Å². The molecule has 2 rings (SSSR count). The number of furan rings is 1. The molecule has 7 nitrogen and oxygen atoms in total. The van der Waals surface area contributed by atoms with Crippen molar-refractivity contribution in [3.63, 3.8) is 0 Å². The lowest BCUT2D eigenvalue weighted by Gasteiger charge is -2.03. The molecule has 0 atom stereocenters. The Morgan fingerprint density at radius 3 is 2.94 bits per heavy atom. The standard InChI is InChI=1S/C10H11N3O4/c14-4-3-13-10(16)11-9(15)8(12-13)6-7-2-1-5-17-7/h1-2,5,14H,3-4,6H2,(H,11,15,16). The molecule has 0 aliphatic heterocycles. The number of rotatable bonds is 4. The Bertz CT molecular complexity index is 597. The minimum absolute atomic E-state index is 0.0424. The number of nitrogens with one attached hydrogen (secondary N) is 1. The molecule has 17 heavy (non-hydrogen) atoms. The van der Waals surface area contributed by atoms with Crippen molar-refractivity contribution >= 4 is 0 Å². The maximum Gasteiger partial charge on any atom is 0.344 e. The van der Waals surface area contributed by atoms with Gasteiger partial charge in [-0.1, -0.05) is 0 Å². The van der Waals surface area contributed by atoms with Crippen LogP contribution in [0.3, 0.4) is 0 Å². The SMILES string of the molecule is O=c1[nH]c(=O)n(CCO)nc1Cc1ccco1. The van der Waals surface area contributed by atoms with E-state index in [2.05, 4.69) is 10.1 Å². The first kappa shape index (κ1) is 11.3. The van der Waals surface area contributed by atoms with E-state index in [9.17, 15) is 9.59 Å². The summed E-state index contributed by atoms with van der Waals surface area (Å²) in [5, 5.41) is 12.6. The van der Waals surface area contributed by atoms with Crippen LogP contribution in [0.15, 0.2) is 32.4 Å². The van der Waals surface area contributed by atoms with Crippen LogP contribution in [-0.2, 0) is 13.0 Å². The summed E-state index contributed by atoms with van der Waals surface area (Å²) in [6, 6.07) is 3.41. The van der Waals surface area contributed by atoms with Gasteiger partial charge in [-0.15, -0.1) is 0 Å². The van der Waals surface area contributed by atoms with Gasteiger partial charge in [0.2, 0.25) is 0 Å². The second-order valence-electron chi connectivity index (χ2n) is 3.41. The first-order chi connectivity index (χ1) is 8.20. The van der Waals surface area contributed by atoms with Gasteiger partial charge in [-0.3, -0.25) is 9.78 Å². The normalized spacial score (nSPS) is 10.6. The van der Waals surface area contributed by atoms with E-state index in [1.165, 1.54) is 6.26 Å². The van der Waals surface area contributed by atoms with E-state index in [4.69, 9.17) is 9.52 Å². The van der Waals surface area contributed by atoms with Crippen molar-refractivity contribution in [2.45, 2.75) is 13.0 Å². The molecule has 0 aliphatic carbocycles. The van der Waals surface area contributed by atoms with Crippen molar-refractivity contribution in [1.29, 1.82) is 0 Å². The Labute approximate surface area is 95.3 Å². The average molecular weight is 237 g/mol. The fraction of sp³-hybridized carbons (Fsp3) is 0.300. The molecule has 2 heterocycles. The molecule has 0 saturated carbocycles. The van der Waals surface area contributed by atoms with Crippen LogP contribution in [0.2, 0.25) is 0 Å². The number of aromatic amines is 1. The molecule has 2 aromatic heterocycles. The van der Waals surface area contributed by atoms with E-state index < -0.39 is 11.2 Å². The lowest BCUT2D eigenvalue weighted by molar-refractivity contribution is 0.263. The van der Waals surface area contributed by atoms with Gasteiger partial charge < -0.3 is 9.52 Å². The summed E-state index contributed by atoms with van der Waals surface area (Å²) >= 11 is 0. The molecule has 0 spiro atoms. The Kier molecular flexibility index (Phi) is 3.20. The third-order valence-electron chi connectivity index (χ3n) is 2.19. The number of aliphatic hydroxyl groups excluding tert-OH is 1. The fourth-order valence-electron chi connectivity index (χ4n) is 1.41. The van der Waals surface area contributed by atoms with Crippen LogP contribution in [-0.4, -0.2) is 26.5 Å². The molecule has 0 saturated heterocycles. The zero-order valence-electron chi connectivity index (χ0n) is 8.92. The van der Waals surface area contributed by atoms with Gasteiger partial charge in [0.1, 0.15) is 11.5 Å². The molecule has 0 aromatic carbocycles. The van der Waals surface area contributed by atoms with E-state index in [1.807, 2.05) is 0 Å². The average Bonchev–Trinajstić information content (AvgIpc) is 2.78. The van der Waals surface area contributed by atoms with Crippen LogP contribution in [0.25, 0.3) is 0 Å². The Morgan fingerprint density at radius 1 is 1.47 bits per heavy atom. The van der Waals surface area contributed by atoms with E-state index in [0.29, 0.717) is 5.76 Å². The summed E-state index contributed by atoms with van der Waals surface area (Å²) in [4.78, 5) is 24.9. The lowest BCUT2D eigenvalue weighted by atomic mass is 10.2. The highest BCUT2D eigenvalue weighted by Crippen LogP contribution is 2.03. The smallest absolute Gasteiger partial charge is 0.344 e. The molecule has 2 N–H and O–H groups in total. The van der Waals surface area contributed by atoms with Gasteiger partial charge in [-0.05, 0) is 12.1 Å². The highest BCUT2D eigenvalue weighted by molar-refractivity contribution is 5.08. The summed E-state index contributed by atoms with van der Waals surface area (Å²) in [6.45, 7) is -0.181. The van der Waals surface area contributed by atoms with Gasteiger partial charge in [0.05, 0.1) is 25.8 Å². The third kappa shape index (κ3) is 2.51. The molecular weight excluding hydrogens is 226 g/mol. The zero-order chi connectivity index (χ0) is 12.3. The van der Waals surface area contributed by atoms with Crippen molar-refractivity contribution in [2.75, 3.05) is 6.61 Å². The number of aromatic nitrogens is 3. The molecule has 0 aliphatic rings. The largest absolute Gasteiger partial charge is 0.469 e. The van der Waals surface area contributed by atoms with Crippen LogP contribution in [0.5, 0.6) is 0 Å². The lowest BCUT2D eigenvalue weighted by Crippen LogP contribution is -2.35. The molecule has 0 fully saturated rings. The first-order valence-electron chi connectivity index (χ1n) is 5.04.